The zero-order valence-electron chi connectivity index (χ0n) is 11.2. The van der Waals surface area contributed by atoms with Gasteiger partial charge < -0.3 is 10.4 Å². The van der Waals surface area contributed by atoms with Crippen molar-refractivity contribution in [1.82, 2.24) is 10.3 Å². The summed E-state index contributed by atoms with van der Waals surface area (Å²) in [6, 6.07) is 4.55. The van der Waals surface area contributed by atoms with E-state index >= 15 is 0 Å². The van der Waals surface area contributed by atoms with Gasteiger partial charge in [0.15, 0.2) is 0 Å². The molecule has 0 amide bonds. The van der Waals surface area contributed by atoms with Crippen LogP contribution in [0.1, 0.15) is 37.8 Å². The Bertz CT molecular complexity index is 554. The van der Waals surface area contributed by atoms with Gasteiger partial charge in [-0.2, -0.15) is 0 Å². The number of aliphatic hydroxyl groups is 1. The second-order valence-electron chi connectivity index (χ2n) is 5.46. The van der Waals surface area contributed by atoms with Crippen molar-refractivity contribution in [3.8, 4) is 0 Å². The van der Waals surface area contributed by atoms with Gasteiger partial charge in [0.25, 0.3) is 0 Å². The van der Waals surface area contributed by atoms with Crippen LogP contribution in [-0.4, -0.2) is 22.7 Å². The first kappa shape index (κ1) is 13.0. The lowest BCUT2D eigenvalue weighted by Crippen LogP contribution is -2.29. The summed E-state index contributed by atoms with van der Waals surface area (Å²) < 4.78 is 1.24. The Labute approximate surface area is 117 Å². The summed E-state index contributed by atoms with van der Waals surface area (Å²) in [5, 5.41) is 15.4. The fourth-order valence-electron chi connectivity index (χ4n) is 2.80. The number of fused-ring (bicyclic) bond motifs is 1. The standard InChI is InChI=1S/C15H20N2OS/c1-10(16-8-11-3-2-4-14(11)18)12-7-15-13(17-9-12)5-6-19-15/h5-7,9-11,14,16,18H,2-4,8H2,1H3. The largest absolute Gasteiger partial charge is 0.393 e. The van der Waals surface area contributed by atoms with Crippen LogP contribution >= 0.6 is 11.3 Å². The molecule has 0 radical (unpaired) electrons. The van der Waals surface area contributed by atoms with Crippen LogP contribution in [0, 0.1) is 5.92 Å². The van der Waals surface area contributed by atoms with Gasteiger partial charge in [-0.15, -0.1) is 11.3 Å². The minimum atomic E-state index is -0.113. The number of aromatic nitrogens is 1. The van der Waals surface area contributed by atoms with Crippen molar-refractivity contribution in [2.45, 2.75) is 38.3 Å². The molecule has 3 unspecified atom stereocenters. The highest BCUT2D eigenvalue weighted by molar-refractivity contribution is 7.17. The second kappa shape index (κ2) is 5.57. The Kier molecular flexibility index (Phi) is 3.82. The number of hydrogen-bond acceptors (Lipinski definition) is 4. The Balaban J connectivity index is 1.64. The highest BCUT2D eigenvalue weighted by Crippen LogP contribution is 2.26. The molecule has 3 rings (SSSR count). The topological polar surface area (TPSA) is 45.1 Å². The van der Waals surface area contributed by atoms with E-state index in [0.717, 1.165) is 31.3 Å². The van der Waals surface area contributed by atoms with E-state index in [2.05, 4.69) is 34.7 Å². The minimum absolute atomic E-state index is 0.113. The highest BCUT2D eigenvalue weighted by Gasteiger charge is 2.25. The number of hydrogen-bond donors (Lipinski definition) is 2. The highest BCUT2D eigenvalue weighted by atomic mass is 32.1. The van der Waals surface area contributed by atoms with E-state index < -0.39 is 0 Å². The molecule has 0 saturated heterocycles. The lowest BCUT2D eigenvalue weighted by molar-refractivity contribution is 0.130. The fourth-order valence-corrected chi connectivity index (χ4v) is 3.59. The first-order valence-electron chi connectivity index (χ1n) is 6.98. The smallest absolute Gasteiger partial charge is 0.0809 e. The van der Waals surface area contributed by atoms with Crippen LogP contribution in [0.15, 0.2) is 23.7 Å². The third-order valence-corrected chi connectivity index (χ3v) is 4.98. The van der Waals surface area contributed by atoms with E-state index in [1.165, 1.54) is 10.3 Å². The van der Waals surface area contributed by atoms with Crippen LogP contribution in [0.25, 0.3) is 10.2 Å². The number of thiophene rings is 1. The Hall–Kier alpha value is -0.970. The molecular formula is C15H20N2OS. The summed E-state index contributed by atoms with van der Waals surface area (Å²) in [6.45, 7) is 3.06. The van der Waals surface area contributed by atoms with Crippen LogP contribution in [0.5, 0.6) is 0 Å². The molecule has 1 aliphatic carbocycles. The zero-order valence-corrected chi connectivity index (χ0v) is 12.0. The second-order valence-corrected chi connectivity index (χ2v) is 6.41. The lowest BCUT2D eigenvalue weighted by Gasteiger charge is -2.19. The SMILES string of the molecule is CC(NCC1CCCC1O)c1cnc2ccsc2c1. The molecule has 1 fully saturated rings. The molecule has 1 aliphatic rings. The lowest BCUT2D eigenvalue weighted by atomic mass is 10.0. The van der Waals surface area contributed by atoms with Crippen molar-refractivity contribution in [3.63, 3.8) is 0 Å². The van der Waals surface area contributed by atoms with Crippen molar-refractivity contribution < 1.29 is 5.11 Å². The molecule has 2 heterocycles. The molecule has 2 aromatic rings. The Morgan fingerprint density at radius 3 is 3.21 bits per heavy atom. The van der Waals surface area contributed by atoms with Crippen LogP contribution < -0.4 is 5.32 Å². The molecule has 0 aliphatic heterocycles. The maximum atomic E-state index is 9.84. The molecule has 19 heavy (non-hydrogen) atoms. The molecule has 3 nitrogen and oxygen atoms in total. The number of aliphatic hydroxyl groups excluding tert-OH is 1. The normalized spacial score (nSPS) is 24.9. The Morgan fingerprint density at radius 1 is 1.53 bits per heavy atom. The molecule has 0 bridgehead atoms. The van der Waals surface area contributed by atoms with E-state index in [-0.39, 0.29) is 12.1 Å². The molecule has 3 atom stereocenters. The molecule has 1 saturated carbocycles. The van der Waals surface area contributed by atoms with Gasteiger partial charge in [-0.1, -0.05) is 6.42 Å². The maximum Gasteiger partial charge on any atom is 0.0809 e. The molecule has 0 spiro atoms. The minimum Gasteiger partial charge on any atom is -0.393 e. The van der Waals surface area contributed by atoms with Gasteiger partial charge in [0.1, 0.15) is 0 Å². The summed E-state index contributed by atoms with van der Waals surface area (Å²) in [5.74, 6) is 0.417. The summed E-state index contributed by atoms with van der Waals surface area (Å²) in [5.41, 5.74) is 2.30. The average molecular weight is 276 g/mol. The Morgan fingerprint density at radius 2 is 2.42 bits per heavy atom. The zero-order chi connectivity index (χ0) is 13.2. The van der Waals surface area contributed by atoms with Gasteiger partial charge in [0.05, 0.1) is 16.3 Å². The summed E-state index contributed by atoms with van der Waals surface area (Å²) in [7, 11) is 0. The molecular weight excluding hydrogens is 256 g/mol. The number of nitrogens with one attached hydrogen (secondary N) is 1. The van der Waals surface area contributed by atoms with Gasteiger partial charge in [-0.3, -0.25) is 4.98 Å². The predicted octanol–water partition coefficient (Wildman–Crippen LogP) is 3.11. The summed E-state index contributed by atoms with van der Waals surface area (Å²) in [4.78, 5) is 4.48. The molecule has 2 aromatic heterocycles. The van der Waals surface area contributed by atoms with Crippen LogP contribution in [0.3, 0.4) is 0 Å². The maximum absolute atomic E-state index is 9.84. The third-order valence-electron chi connectivity index (χ3n) is 4.13. The first-order chi connectivity index (χ1) is 9.24. The molecule has 0 aromatic carbocycles. The molecule has 2 N–H and O–H groups in total. The van der Waals surface area contributed by atoms with Crippen molar-refractivity contribution in [1.29, 1.82) is 0 Å². The first-order valence-corrected chi connectivity index (χ1v) is 7.86. The van der Waals surface area contributed by atoms with Gasteiger partial charge in [-0.05, 0) is 48.8 Å². The van der Waals surface area contributed by atoms with Crippen molar-refractivity contribution in [3.05, 3.63) is 29.3 Å². The predicted molar refractivity (Wildman–Crippen MR) is 79.4 cm³/mol. The molecule has 102 valence electrons. The molecule has 4 heteroatoms. The quantitative estimate of drug-likeness (QED) is 0.902. The summed E-state index contributed by atoms with van der Waals surface area (Å²) >= 11 is 1.73. The van der Waals surface area contributed by atoms with E-state index in [1.807, 2.05) is 6.20 Å². The average Bonchev–Trinajstić information content (AvgIpc) is 3.03. The van der Waals surface area contributed by atoms with Crippen LogP contribution in [0.2, 0.25) is 0 Å². The fraction of sp³-hybridized carbons (Fsp3) is 0.533. The van der Waals surface area contributed by atoms with E-state index in [9.17, 15) is 5.11 Å². The van der Waals surface area contributed by atoms with Crippen LogP contribution in [0.4, 0.5) is 0 Å². The third kappa shape index (κ3) is 2.81. The monoisotopic (exact) mass is 276 g/mol. The van der Waals surface area contributed by atoms with E-state index in [0.29, 0.717) is 5.92 Å². The van der Waals surface area contributed by atoms with Crippen molar-refractivity contribution in [2.75, 3.05) is 6.54 Å². The van der Waals surface area contributed by atoms with Gasteiger partial charge >= 0.3 is 0 Å². The van der Waals surface area contributed by atoms with Crippen LogP contribution in [-0.2, 0) is 0 Å². The van der Waals surface area contributed by atoms with Crippen molar-refractivity contribution in [2.24, 2.45) is 5.92 Å². The van der Waals surface area contributed by atoms with Crippen molar-refractivity contribution >= 4 is 21.6 Å². The number of nitrogens with zero attached hydrogens (tertiary/aromatic N) is 1. The summed E-state index contributed by atoms with van der Waals surface area (Å²) in [6.07, 6.45) is 5.10. The van der Waals surface area contributed by atoms with Gasteiger partial charge in [0.2, 0.25) is 0 Å². The van der Waals surface area contributed by atoms with E-state index in [1.54, 1.807) is 11.3 Å². The number of pyridine rings is 1. The number of rotatable bonds is 4. The van der Waals surface area contributed by atoms with E-state index in [4.69, 9.17) is 0 Å². The van der Waals surface area contributed by atoms with Gasteiger partial charge in [-0.25, -0.2) is 0 Å². The van der Waals surface area contributed by atoms with Gasteiger partial charge in [0, 0.05) is 18.8 Å².